The van der Waals surface area contributed by atoms with Crippen LogP contribution >= 0.6 is 0 Å². The predicted octanol–water partition coefficient (Wildman–Crippen LogP) is 14.2. The summed E-state index contributed by atoms with van der Waals surface area (Å²) >= 11 is 0. The van der Waals surface area contributed by atoms with Crippen LogP contribution in [0.15, 0.2) is 24.3 Å². The molecule has 0 aromatic rings. The van der Waals surface area contributed by atoms with E-state index in [4.69, 9.17) is 18.9 Å². The lowest BCUT2D eigenvalue weighted by molar-refractivity contribution is -0.154. The number of allylic oxidation sites excluding steroid dienone is 4. The molecule has 1 unspecified atom stereocenters. The van der Waals surface area contributed by atoms with E-state index in [-0.39, 0.29) is 37.6 Å². The number of nitrogens with zero attached hydrogens (tertiary/aromatic N) is 1. The number of ether oxygens (including phenoxy) is 4. The van der Waals surface area contributed by atoms with Gasteiger partial charge in [0, 0.05) is 6.54 Å². The van der Waals surface area contributed by atoms with Gasteiger partial charge in [-0.3, -0.25) is 9.59 Å². The highest BCUT2D eigenvalue weighted by Crippen LogP contribution is 2.19. The van der Waals surface area contributed by atoms with Crippen LogP contribution in [0.4, 0.5) is 4.79 Å². The maximum absolute atomic E-state index is 12.7. The minimum Gasteiger partial charge on any atom is -0.466 e. The van der Waals surface area contributed by atoms with Crippen LogP contribution in [0.2, 0.25) is 0 Å². The molecule has 0 rings (SSSR count). The summed E-state index contributed by atoms with van der Waals surface area (Å²) in [4.78, 5) is 39.8. The first kappa shape index (κ1) is 54.6. The Kier molecular flexibility index (Phi) is 41.5. The summed E-state index contributed by atoms with van der Waals surface area (Å²) in [5.74, 6) is -0.696. The third-order valence-corrected chi connectivity index (χ3v) is 10.5. The van der Waals surface area contributed by atoms with Crippen molar-refractivity contribution in [2.45, 2.75) is 238 Å². The topological polar surface area (TPSA) is 91.4 Å². The van der Waals surface area contributed by atoms with Crippen molar-refractivity contribution in [1.82, 2.24) is 4.90 Å². The molecule has 8 heteroatoms. The summed E-state index contributed by atoms with van der Waals surface area (Å²) in [6.07, 6.45) is 41.6. The normalized spacial score (nSPS) is 12.3. The molecule has 0 aromatic heterocycles. The van der Waals surface area contributed by atoms with E-state index in [1.54, 1.807) is 0 Å². The Morgan fingerprint density at radius 2 is 0.877 bits per heavy atom. The van der Waals surface area contributed by atoms with Crippen LogP contribution in [0.1, 0.15) is 226 Å². The Morgan fingerprint density at radius 3 is 1.42 bits per heavy atom. The molecule has 1 atom stereocenters. The molecule has 0 spiro atoms. The van der Waals surface area contributed by atoms with Gasteiger partial charge in [0.05, 0.1) is 26.1 Å². The fourth-order valence-electron chi connectivity index (χ4n) is 6.91. The van der Waals surface area contributed by atoms with Crippen LogP contribution in [0.5, 0.6) is 0 Å². The van der Waals surface area contributed by atoms with E-state index in [1.165, 1.54) is 116 Å². The Hall–Kier alpha value is -2.35. The second-order valence-electron chi connectivity index (χ2n) is 16.5. The predicted molar refractivity (Wildman–Crippen MR) is 239 cm³/mol. The molecule has 0 heterocycles. The molecule has 0 radical (unpaired) electrons. The molecule has 0 amide bonds. The Morgan fingerprint density at radius 1 is 0.456 bits per heavy atom. The monoisotopic (exact) mass is 806 g/mol. The first-order valence-electron chi connectivity index (χ1n) is 23.9. The van der Waals surface area contributed by atoms with Gasteiger partial charge in [0.1, 0.15) is 12.2 Å². The fourth-order valence-corrected chi connectivity index (χ4v) is 6.91. The zero-order valence-corrected chi connectivity index (χ0v) is 38.0. The van der Waals surface area contributed by atoms with Crippen molar-refractivity contribution < 1.29 is 33.3 Å². The minimum absolute atomic E-state index is 0.0195. The zero-order valence-electron chi connectivity index (χ0n) is 38.0. The van der Waals surface area contributed by atoms with E-state index in [0.717, 1.165) is 70.8 Å². The highest BCUT2D eigenvalue weighted by molar-refractivity contribution is 5.77. The van der Waals surface area contributed by atoms with Crippen molar-refractivity contribution in [2.75, 3.05) is 33.9 Å². The van der Waals surface area contributed by atoms with E-state index >= 15 is 0 Å². The maximum Gasteiger partial charge on any atom is 0.508 e. The number of unbranched alkanes of at least 4 members (excludes halogenated alkanes) is 19. The Bertz CT molecular complexity index is 949. The molecular formula is C49H91NO7. The summed E-state index contributed by atoms with van der Waals surface area (Å²) in [6, 6.07) is 0. The van der Waals surface area contributed by atoms with E-state index < -0.39 is 12.1 Å². The average Bonchev–Trinajstić information content (AvgIpc) is 3.19. The van der Waals surface area contributed by atoms with Gasteiger partial charge in [-0.1, -0.05) is 148 Å². The van der Waals surface area contributed by atoms with Crippen molar-refractivity contribution >= 4 is 18.1 Å². The lowest BCUT2D eigenvalue weighted by atomic mass is 10.0. The number of rotatable bonds is 42. The second-order valence-corrected chi connectivity index (χ2v) is 16.5. The summed E-state index contributed by atoms with van der Waals surface area (Å²) in [5, 5.41) is 0. The molecule has 0 saturated heterocycles. The van der Waals surface area contributed by atoms with Gasteiger partial charge in [0.15, 0.2) is 0 Å². The first-order valence-corrected chi connectivity index (χ1v) is 23.9. The smallest absolute Gasteiger partial charge is 0.466 e. The lowest BCUT2D eigenvalue weighted by Crippen LogP contribution is -2.22. The standard InChI is InChI=1S/C49H91NO7/c1-6-9-12-15-18-19-20-21-22-23-24-25-26-27-30-33-38-46(57-49(53)55-44-35-42-50(4)5)39-34-43-54-47(51)40-41-48(52)56-45(36-31-28-16-13-10-7-2)37-32-29-17-14-11-8-3/h18-19,21-22,45-46H,6-17,20,23-44H2,1-5H3. The van der Waals surface area contributed by atoms with Gasteiger partial charge < -0.3 is 23.8 Å². The van der Waals surface area contributed by atoms with Crippen LogP contribution in [0.25, 0.3) is 0 Å². The molecule has 0 bridgehead atoms. The maximum atomic E-state index is 12.7. The number of carbonyl (C=O) groups excluding carboxylic acids is 3. The van der Waals surface area contributed by atoms with E-state index in [2.05, 4.69) is 50.0 Å². The molecule has 0 aromatic carbocycles. The van der Waals surface area contributed by atoms with Gasteiger partial charge in [-0.15, -0.1) is 0 Å². The number of esters is 2. The van der Waals surface area contributed by atoms with Gasteiger partial charge in [-0.05, 0) is 104 Å². The zero-order chi connectivity index (χ0) is 41.9. The largest absolute Gasteiger partial charge is 0.508 e. The van der Waals surface area contributed by atoms with Crippen molar-refractivity contribution in [3.05, 3.63) is 24.3 Å². The molecule has 8 nitrogen and oxygen atoms in total. The summed E-state index contributed by atoms with van der Waals surface area (Å²) < 4.78 is 22.4. The van der Waals surface area contributed by atoms with Gasteiger partial charge in [-0.2, -0.15) is 0 Å². The van der Waals surface area contributed by atoms with Crippen LogP contribution in [0, 0.1) is 0 Å². The fraction of sp³-hybridized carbons (Fsp3) is 0.857. The van der Waals surface area contributed by atoms with Gasteiger partial charge in [0.25, 0.3) is 0 Å². The molecule has 0 N–H and O–H groups in total. The van der Waals surface area contributed by atoms with Crippen LogP contribution in [0.3, 0.4) is 0 Å². The Labute approximate surface area is 352 Å². The molecule has 0 fully saturated rings. The van der Waals surface area contributed by atoms with Crippen LogP contribution in [-0.2, 0) is 28.5 Å². The van der Waals surface area contributed by atoms with Crippen molar-refractivity contribution in [1.29, 1.82) is 0 Å². The summed E-state index contributed by atoms with van der Waals surface area (Å²) in [5.41, 5.74) is 0. The lowest BCUT2D eigenvalue weighted by Gasteiger charge is -2.18. The quantitative estimate of drug-likeness (QED) is 0.0261. The molecule has 334 valence electrons. The molecule has 57 heavy (non-hydrogen) atoms. The van der Waals surface area contributed by atoms with Crippen LogP contribution in [-0.4, -0.2) is 69.1 Å². The SMILES string of the molecule is CCCCCC=CCC=CCCCCCCCCC(CCCOC(=O)CCC(=O)OC(CCCCCCCC)CCCCCCCC)OC(=O)OCCCN(C)C. The molecule has 0 aliphatic carbocycles. The summed E-state index contributed by atoms with van der Waals surface area (Å²) in [7, 11) is 3.98. The van der Waals surface area contributed by atoms with E-state index in [9.17, 15) is 14.4 Å². The Balaban J connectivity index is 4.55. The van der Waals surface area contributed by atoms with Gasteiger partial charge in [-0.25, -0.2) is 4.79 Å². The number of hydrogen-bond donors (Lipinski definition) is 0. The van der Waals surface area contributed by atoms with E-state index in [1.807, 2.05) is 14.1 Å². The number of carbonyl (C=O) groups is 3. The highest BCUT2D eigenvalue weighted by atomic mass is 16.7. The first-order chi connectivity index (χ1) is 27.8. The number of hydrogen-bond acceptors (Lipinski definition) is 8. The van der Waals surface area contributed by atoms with Gasteiger partial charge >= 0.3 is 18.1 Å². The van der Waals surface area contributed by atoms with Crippen LogP contribution < -0.4 is 0 Å². The summed E-state index contributed by atoms with van der Waals surface area (Å²) in [6.45, 7) is 8.10. The van der Waals surface area contributed by atoms with Crippen molar-refractivity contribution in [3.8, 4) is 0 Å². The third kappa shape index (κ3) is 41.6. The molecule has 0 aliphatic rings. The third-order valence-electron chi connectivity index (χ3n) is 10.5. The second kappa shape index (κ2) is 43.2. The highest BCUT2D eigenvalue weighted by Gasteiger charge is 2.18. The molecule has 0 saturated carbocycles. The molecule has 0 aliphatic heterocycles. The van der Waals surface area contributed by atoms with Gasteiger partial charge in [0.2, 0.25) is 0 Å². The molecular weight excluding hydrogens is 715 g/mol. The van der Waals surface area contributed by atoms with E-state index in [0.29, 0.717) is 19.4 Å². The van der Waals surface area contributed by atoms with Crippen molar-refractivity contribution in [3.63, 3.8) is 0 Å². The minimum atomic E-state index is -0.624. The average molecular weight is 806 g/mol. The van der Waals surface area contributed by atoms with Crippen molar-refractivity contribution in [2.24, 2.45) is 0 Å².